The van der Waals surface area contributed by atoms with Crippen LogP contribution in [0.4, 0.5) is 0 Å². The van der Waals surface area contributed by atoms with E-state index in [1.54, 1.807) is 13.3 Å². The first kappa shape index (κ1) is 12.3. The zero-order chi connectivity index (χ0) is 12.1. The number of piperidine rings is 1. The van der Waals surface area contributed by atoms with E-state index in [4.69, 9.17) is 9.47 Å². The lowest BCUT2D eigenvalue weighted by molar-refractivity contribution is -0.0334. The number of pyridine rings is 1. The highest BCUT2D eigenvalue weighted by atomic mass is 16.5. The molecule has 0 aromatic carbocycles. The molecule has 2 heterocycles. The maximum atomic E-state index is 5.75. The summed E-state index contributed by atoms with van der Waals surface area (Å²) < 4.78 is 10.9. The average Bonchev–Trinajstić information content (AvgIpc) is 2.40. The van der Waals surface area contributed by atoms with Crippen molar-refractivity contribution >= 4 is 0 Å². The summed E-state index contributed by atoms with van der Waals surface area (Å²) in [5.41, 5.74) is 1.19. The molecule has 1 aliphatic heterocycles. The third-order valence-corrected chi connectivity index (χ3v) is 3.48. The van der Waals surface area contributed by atoms with E-state index in [-0.39, 0.29) is 5.60 Å². The van der Waals surface area contributed by atoms with Crippen molar-refractivity contribution in [3.05, 3.63) is 23.9 Å². The van der Waals surface area contributed by atoms with E-state index < -0.39 is 0 Å². The standard InChI is InChI=1S/C13H20N2O2/c1-16-12-9-11(3-6-15-12)10-13(17-2)4-7-14-8-5-13/h3,6,9,14H,4-5,7-8,10H2,1-2H3. The monoisotopic (exact) mass is 236 g/mol. The fourth-order valence-corrected chi connectivity index (χ4v) is 2.38. The average molecular weight is 236 g/mol. The minimum Gasteiger partial charge on any atom is -0.481 e. The van der Waals surface area contributed by atoms with Gasteiger partial charge in [0.25, 0.3) is 0 Å². The molecule has 0 atom stereocenters. The lowest BCUT2D eigenvalue weighted by Crippen LogP contribution is -2.44. The Morgan fingerprint density at radius 1 is 1.35 bits per heavy atom. The Labute approximate surface area is 102 Å². The Morgan fingerprint density at radius 2 is 2.12 bits per heavy atom. The molecule has 0 aliphatic carbocycles. The van der Waals surface area contributed by atoms with Crippen molar-refractivity contribution < 1.29 is 9.47 Å². The first-order chi connectivity index (χ1) is 8.28. The van der Waals surface area contributed by atoms with Crippen LogP contribution >= 0.6 is 0 Å². The molecule has 1 saturated heterocycles. The summed E-state index contributed by atoms with van der Waals surface area (Å²) in [6.07, 6.45) is 4.81. The molecule has 17 heavy (non-hydrogen) atoms. The number of methoxy groups -OCH3 is 2. The zero-order valence-corrected chi connectivity index (χ0v) is 10.5. The number of hydrogen-bond acceptors (Lipinski definition) is 4. The van der Waals surface area contributed by atoms with Crippen LogP contribution in [0.2, 0.25) is 0 Å². The highest BCUT2D eigenvalue weighted by Gasteiger charge is 2.31. The second kappa shape index (κ2) is 5.47. The lowest BCUT2D eigenvalue weighted by Gasteiger charge is -2.36. The van der Waals surface area contributed by atoms with Crippen LogP contribution in [-0.2, 0) is 11.2 Å². The van der Waals surface area contributed by atoms with Gasteiger partial charge in [-0.15, -0.1) is 0 Å². The van der Waals surface area contributed by atoms with Crippen molar-refractivity contribution in [2.75, 3.05) is 27.3 Å². The largest absolute Gasteiger partial charge is 0.481 e. The summed E-state index contributed by atoms with van der Waals surface area (Å²) in [5, 5.41) is 3.37. The molecule has 4 nitrogen and oxygen atoms in total. The van der Waals surface area contributed by atoms with Gasteiger partial charge in [0.15, 0.2) is 0 Å². The molecule has 2 rings (SSSR count). The predicted octanol–water partition coefficient (Wildman–Crippen LogP) is 1.40. The quantitative estimate of drug-likeness (QED) is 0.858. The number of rotatable bonds is 4. The molecule has 4 heteroatoms. The molecule has 0 radical (unpaired) electrons. The molecule has 0 spiro atoms. The second-order valence-electron chi connectivity index (χ2n) is 4.52. The van der Waals surface area contributed by atoms with Crippen molar-refractivity contribution in [3.8, 4) is 5.88 Å². The number of aromatic nitrogens is 1. The van der Waals surface area contributed by atoms with Crippen LogP contribution in [0.5, 0.6) is 5.88 Å². The number of hydrogen-bond donors (Lipinski definition) is 1. The van der Waals surface area contributed by atoms with E-state index in [0.29, 0.717) is 5.88 Å². The maximum absolute atomic E-state index is 5.75. The van der Waals surface area contributed by atoms with E-state index in [9.17, 15) is 0 Å². The van der Waals surface area contributed by atoms with Crippen LogP contribution in [0.1, 0.15) is 18.4 Å². The van der Waals surface area contributed by atoms with Crippen LogP contribution in [0, 0.1) is 0 Å². The SMILES string of the molecule is COc1cc(CC2(OC)CCNCC2)ccn1. The van der Waals surface area contributed by atoms with Crippen molar-refractivity contribution in [1.29, 1.82) is 0 Å². The van der Waals surface area contributed by atoms with E-state index in [2.05, 4.69) is 10.3 Å². The normalized spacial score (nSPS) is 18.9. The second-order valence-corrected chi connectivity index (χ2v) is 4.52. The van der Waals surface area contributed by atoms with Crippen LogP contribution in [0.3, 0.4) is 0 Å². The van der Waals surface area contributed by atoms with Gasteiger partial charge in [-0.3, -0.25) is 0 Å². The molecule has 0 bridgehead atoms. The van der Waals surface area contributed by atoms with Gasteiger partial charge in [0.2, 0.25) is 5.88 Å². The molecule has 0 unspecified atom stereocenters. The summed E-state index contributed by atoms with van der Waals surface area (Å²) in [6.45, 7) is 2.05. The maximum Gasteiger partial charge on any atom is 0.213 e. The van der Waals surface area contributed by atoms with Gasteiger partial charge in [0.1, 0.15) is 0 Å². The molecule has 1 aromatic heterocycles. The molecule has 0 amide bonds. The van der Waals surface area contributed by atoms with Gasteiger partial charge in [-0.05, 0) is 37.6 Å². The molecule has 1 aromatic rings. The molecule has 0 saturated carbocycles. The van der Waals surface area contributed by atoms with Crippen LogP contribution in [0.25, 0.3) is 0 Å². The summed E-state index contributed by atoms with van der Waals surface area (Å²) in [6, 6.07) is 4.02. The smallest absolute Gasteiger partial charge is 0.213 e. The molecular formula is C13H20N2O2. The Bertz CT molecular complexity index is 362. The van der Waals surface area contributed by atoms with Crippen molar-refractivity contribution in [1.82, 2.24) is 10.3 Å². The molecule has 1 fully saturated rings. The first-order valence-corrected chi connectivity index (χ1v) is 6.03. The third-order valence-electron chi connectivity index (χ3n) is 3.48. The van der Waals surface area contributed by atoms with Gasteiger partial charge in [-0.2, -0.15) is 0 Å². The molecule has 1 N–H and O–H groups in total. The highest BCUT2D eigenvalue weighted by molar-refractivity contribution is 5.22. The van der Waals surface area contributed by atoms with Gasteiger partial charge in [-0.25, -0.2) is 4.98 Å². The Morgan fingerprint density at radius 3 is 2.76 bits per heavy atom. The summed E-state index contributed by atoms with van der Waals surface area (Å²) >= 11 is 0. The number of nitrogens with zero attached hydrogens (tertiary/aromatic N) is 1. The minimum absolute atomic E-state index is 0.0301. The fraction of sp³-hybridized carbons (Fsp3) is 0.615. The van der Waals surface area contributed by atoms with Gasteiger partial charge in [0.05, 0.1) is 12.7 Å². The van der Waals surface area contributed by atoms with E-state index in [0.717, 1.165) is 32.4 Å². The summed E-state index contributed by atoms with van der Waals surface area (Å²) in [5.74, 6) is 0.669. The zero-order valence-electron chi connectivity index (χ0n) is 10.5. The van der Waals surface area contributed by atoms with Crippen LogP contribution < -0.4 is 10.1 Å². The van der Waals surface area contributed by atoms with E-state index >= 15 is 0 Å². The van der Waals surface area contributed by atoms with Crippen LogP contribution in [0.15, 0.2) is 18.3 Å². The summed E-state index contributed by atoms with van der Waals surface area (Å²) in [7, 11) is 3.45. The Hall–Kier alpha value is -1.13. The minimum atomic E-state index is -0.0301. The number of ether oxygens (including phenoxy) is 2. The van der Waals surface area contributed by atoms with Crippen molar-refractivity contribution in [2.45, 2.75) is 24.9 Å². The van der Waals surface area contributed by atoms with E-state index in [1.165, 1.54) is 5.56 Å². The van der Waals surface area contributed by atoms with Gasteiger partial charge >= 0.3 is 0 Å². The Balaban J connectivity index is 2.11. The fourth-order valence-electron chi connectivity index (χ4n) is 2.38. The van der Waals surface area contributed by atoms with Crippen molar-refractivity contribution in [3.63, 3.8) is 0 Å². The summed E-state index contributed by atoms with van der Waals surface area (Å²) in [4.78, 5) is 4.12. The first-order valence-electron chi connectivity index (χ1n) is 6.03. The van der Waals surface area contributed by atoms with Crippen LogP contribution in [-0.4, -0.2) is 37.9 Å². The van der Waals surface area contributed by atoms with E-state index in [1.807, 2.05) is 19.2 Å². The number of nitrogens with one attached hydrogen (secondary N) is 1. The predicted molar refractivity (Wildman–Crippen MR) is 66.3 cm³/mol. The van der Waals surface area contributed by atoms with Crippen molar-refractivity contribution in [2.24, 2.45) is 0 Å². The van der Waals surface area contributed by atoms with Gasteiger partial charge in [-0.1, -0.05) is 0 Å². The third kappa shape index (κ3) is 2.96. The molecule has 94 valence electrons. The molecular weight excluding hydrogens is 216 g/mol. The van der Waals surface area contributed by atoms with Gasteiger partial charge in [0, 0.05) is 25.8 Å². The lowest BCUT2D eigenvalue weighted by atomic mass is 9.86. The molecule has 1 aliphatic rings. The Kier molecular flexibility index (Phi) is 3.97. The van der Waals surface area contributed by atoms with Gasteiger partial charge < -0.3 is 14.8 Å². The highest BCUT2D eigenvalue weighted by Crippen LogP contribution is 2.27. The topological polar surface area (TPSA) is 43.4 Å².